The first-order valence-electron chi connectivity index (χ1n) is 8.52. The Morgan fingerprint density at radius 1 is 0.917 bits per heavy atom. The minimum Gasteiger partial charge on any atom is -0.314 e. The quantitative estimate of drug-likeness (QED) is 0.645. The van der Waals surface area contributed by atoms with Gasteiger partial charge in [-0.2, -0.15) is 18.2 Å². The molecule has 6 heteroatoms. The number of pyridine rings is 1. The van der Waals surface area contributed by atoms with Crippen molar-refractivity contribution < 1.29 is 32.7 Å². The van der Waals surface area contributed by atoms with Crippen LogP contribution in [0.3, 0.4) is 0 Å². The summed E-state index contributed by atoms with van der Waals surface area (Å²) < 4.78 is 0. The van der Waals surface area contributed by atoms with Crippen molar-refractivity contribution in [2.45, 2.75) is 6.54 Å². The Morgan fingerprint density at radius 3 is 2.29 bits per heavy atom. The van der Waals surface area contributed by atoms with E-state index in [0.29, 0.717) is 0 Å². The standard InChI is InChI=1S/C18H26N5.Y/c1-2-4-18-16(3-1)5-6-17(22-18)15-23-13-11-20-9-7-19-8-10-21-12-14-23;/h2-6,19-21H,7-15H2;/q-1;. The number of aromatic nitrogens is 1. The number of nitrogens with one attached hydrogen (secondary N) is 3. The SMILES string of the molecule is [Y].[c-]1ccc2nc(CN3CCNCCNCCNCC3)ccc2c1. The third kappa shape index (κ3) is 6.47. The Hall–Kier alpha value is -0.426. The minimum atomic E-state index is 0. The Morgan fingerprint density at radius 2 is 1.58 bits per heavy atom. The van der Waals surface area contributed by atoms with E-state index in [0.717, 1.165) is 75.5 Å². The van der Waals surface area contributed by atoms with Gasteiger partial charge in [-0.3, -0.25) is 9.88 Å². The molecule has 24 heavy (non-hydrogen) atoms. The predicted octanol–water partition coefficient (Wildman–Crippen LogP) is 0.617. The van der Waals surface area contributed by atoms with Gasteiger partial charge >= 0.3 is 0 Å². The van der Waals surface area contributed by atoms with Crippen LogP contribution in [0, 0.1) is 6.07 Å². The van der Waals surface area contributed by atoms with Crippen molar-refractivity contribution in [1.82, 2.24) is 25.8 Å². The van der Waals surface area contributed by atoms with E-state index in [1.165, 1.54) is 0 Å². The summed E-state index contributed by atoms with van der Waals surface area (Å²) in [6, 6.07) is 13.3. The number of hydrogen-bond donors (Lipinski definition) is 3. The van der Waals surface area contributed by atoms with Gasteiger partial charge in [0, 0.05) is 91.6 Å². The van der Waals surface area contributed by atoms with E-state index in [9.17, 15) is 0 Å². The maximum absolute atomic E-state index is 4.79. The van der Waals surface area contributed by atoms with E-state index >= 15 is 0 Å². The van der Waals surface area contributed by atoms with Crippen molar-refractivity contribution in [3.63, 3.8) is 0 Å². The zero-order valence-electron chi connectivity index (χ0n) is 14.2. The van der Waals surface area contributed by atoms with Crippen molar-refractivity contribution in [1.29, 1.82) is 0 Å². The maximum atomic E-state index is 4.79. The maximum Gasteiger partial charge on any atom is 0.0515 e. The van der Waals surface area contributed by atoms with Crippen LogP contribution in [0.2, 0.25) is 0 Å². The molecule has 2 aromatic rings. The number of hydrogen-bond acceptors (Lipinski definition) is 5. The summed E-state index contributed by atoms with van der Waals surface area (Å²) in [5.74, 6) is 0. The molecule has 127 valence electrons. The first-order chi connectivity index (χ1) is 11.4. The Labute approximate surface area is 169 Å². The fourth-order valence-corrected chi connectivity index (χ4v) is 2.84. The molecule has 1 aromatic carbocycles. The molecule has 0 atom stereocenters. The Balaban J connectivity index is 0.00000208. The van der Waals surface area contributed by atoms with Crippen molar-refractivity contribution in [2.24, 2.45) is 0 Å². The van der Waals surface area contributed by atoms with Gasteiger partial charge in [0.1, 0.15) is 0 Å². The van der Waals surface area contributed by atoms with Gasteiger partial charge in [-0.15, -0.1) is 17.5 Å². The van der Waals surface area contributed by atoms with Crippen molar-refractivity contribution in [3.8, 4) is 0 Å². The molecule has 5 nitrogen and oxygen atoms in total. The molecule has 1 saturated heterocycles. The Bertz CT molecular complexity index is 595. The van der Waals surface area contributed by atoms with Gasteiger partial charge in [0.25, 0.3) is 0 Å². The van der Waals surface area contributed by atoms with Crippen LogP contribution >= 0.6 is 0 Å². The summed E-state index contributed by atoms with van der Waals surface area (Å²) in [5.41, 5.74) is 2.19. The normalized spacial score (nSPS) is 18.3. The molecule has 1 aliphatic heterocycles. The number of nitrogens with zero attached hydrogens (tertiary/aromatic N) is 2. The Kier molecular flexibility index (Phi) is 9.32. The van der Waals surface area contributed by atoms with Gasteiger partial charge < -0.3 is 16.0 Å². The van der Waals surface area contributed by atoms with Gasteiger partial charge in [0.15, 0.2) is 0 Å². The molecule has 1 fully saturated rings. The zero-order chi connectivity index (χ0) is 15.7. The third-order valence-electron chi connectivity index (χ3n) is 4.14. The monoisotopic (exact) mass is 401 g/mol. The summed E-state index contributed by atoms with van der Waals surface area (Å²) in [5, 5.41) is 11.6. The smallest absolute Gasteiger partial charge is 0.0515 e. The molecule has 0 unspecified atom stereocenters. The largest absolute Gasteiger partial charge is 0.314 e. The fourth-order valence-electron chi connectivity index (χ4n) is 2.84. The molecule has 1 aromatic heterocycles. The molecular weight excluding hydrogens is 375 g/mol. The average Bonchev–Trinajstić information content (AvgIpc) is 2.57. The number of rotatable bonds is 2. The topological polar surface area (TPSA) is 52.2 Å². The summed E-state index contributed by atoms with van der Waals surface area (Å²) in [4.78, 5) is 7.26. The van der Waals surface area contributed by atoms with E-state index in [-0.39, 0.29) is 32.7 Å². The van der Waals surface area contributed by atoms with Gasteiger partial charge in [0.05, 0.1) is 5.69 Å². The average molecular weight is 401 g/mol. The third-order valence-corrected chi connectivity index (χ3v) is 4.14. The van der Waals surface area contributed by atoms with E-state index in [4.69, 9.17) is 4.98 Å². The summed E-state index contributed by atoms with van der Waals surface area (Å²) >= 11 is 0. The van der Waals surface area contributed by atoms with E-state index in [2.05, 4.69) is 39.0 Å². The van der Waals surface area contributed by atoms with Gasteiger partial charge in [-0.1, -0.05) is 6.07 Å². The van der Waals surface area contributed by atoms with Crippen LogP contribution in [0.15, 0.2) is 30.3 Å². The van der Waals surface area contributed by atoms with Crippen LogP contribution < -0.4 is 16.0 Å². The summed E-state index contributed by atoms with van der Waals surface area (Å²) in [6.45, 7) is 9.14. The van der Waals surface area contributed by atoms with Crippen LogP contribution in [0.1, 0.15) is 5.69 Å². The molecule has 0 saturated carbocycles. The first-order valence-corrected chi connectivity index (χ1v) is 8.52. The van der Waals surface area contributed by atoms with Gasteiger partial charge in [0.2, 0.25) is 0 Å². The molecule has 0 amide bonds. The molecule has 0 spiro atoms. The van der Waals surface area contributed by atoms with Gasteiger partial charge in [-0.05, 0) is 5.52 Å². The molecule has 3 rings (SSSR count). The van der Waals surface area contributed by atoms with Crippen LogP contribution in [-0.4, -0.2) is 62.2 Å². The van der Waals surface area contributed by atoms with Crippen molar-refractivity contribution in [2.75, 3.05) is 52.4 Å². The van der Waals surface area contributed by atoms with Crippen molar-refractivity contribution in [3.05, 3.63) is 42.1 Å². The molecule has 2 heterocycles. The molecule has 1 aliphatic rings. The van der Waals surface area contributed by atoms with Crippen molar-refractivity contribution >= 4 is 10.9 Å². The predicted molar refractivity (Wildman–Crippen MR) is 94.5 cm³/mol. The second kappa shape index (κ2) is 11.2. The first kappa shape index (κ1) is 19.9. The number of benzene rings is 1. The second-order valence-corrected chi connectivity index (χ2v) is 5.95. The van der Waals surface area contributed by atoms with Crippen LogP contribution in [-0.2, 0) is 39.3 Å². The van der Waals surface area contributed by atoms with Crippen LogP contribution in [0.5, 0.6) is 0 Å². The van der Waals surface area contributed by atoms with Crippen LogP contribution in [0.4, 0.5) is 0 Å². The van der Waals surface area contributed by atoms with E-state index in [1.54, 1.807) is 0 Å². The summed E-state index contributed by atoms with van der Waals surface area (Å²) in [6.07, 6.45) is 0. The van der Waals surface area contributed by atoms with Gasteiger partial charge in [-0.25, -0.2) is 0 Å². The van der Waals surface area contributed by atoms with E-state index < -0.39 is 0 Å². The zero-order valence-corrected chi connectivity index (χ0v) is 17.1. The number of fused-ring (bicyclic) bond motifs is 1. The molecular formula is C18H26N5Y-. The summed E-state index contributed by atoms with van der Waals surface area (Å²) in [7, 11) is 0. The van der Waals surface area contributed by atoms with Crippen LogP contribution in [0.25, 0.3) is 10.9 Å². The van der Waals surface area contributed by atoms with E-state index in [1.807, 2.05) is 18.2 Å². The molecule has 0 bridgehead atoms. The molecule has 0 aliphatic carbocycles. The second-order valence-electron chi connectivity index (χ2n) is 5.95. The fraction of sp³-hybridized carbons (Fsp3) is 0.500. The molecule has 1 radical (unpaired) electrons. The minimum absolute atomic E-state index is 0. The molecule has 3 N–H and O–H groups in total.